The van der Waals surface area contributed by atoms with E-state index in [-0.39, 0.29) is 0 Å². The molecule has 0 aliphatic heterocycles. The molecule has 0 spiro atoms. The third kappa shape index (κ3) is 0.699. The summed E-state index contributed by atoms with van der Waals surface area (Å²) in [6.07, 6.45) is 9.13. The van der Waals surface area contributed by atoms with Crippen molar-refractivity contribution in [2.45, 2.75) is 25.3 Å². The Balaban J connectivity index is 1.68. The van der Waals surface area contributed by atoms with Crippen molar-refractivity contribution < 1.29 is 0 Å². The minimum Gasteiger partial charge on any atom is -0.351 e. The molecule has 68 valence electrons. The Morgan fingerprint density at radius 2 is 1.54 bits per heavy atom. The summed E-state index contributed by atoms with van der Waals surface area (Å²) in [7, 11) is 0. The van der Waals surface area contributed by atoms with E-state index < -0.39 is 0 Å². The van der Waals surface area contributed by atoms with Crippen LogP contribution in [0.15, 0.2) is 24.5 Å². The zero-order chi connectivity index (χ0) is 8.41. The van der Waals surface area contributed by atoms with Crippen LogP contribution in [0.2, 0.25) is 0 Å². The predicted octanol–water partition coefficient (Wildman–Crippen LogP) is 2.71. The molecule has 3 saturated carbocycles. The van der Waals surface area contributed by atoms with E-state index in [0.717, 1.165) is 29.7 Å². The Kier molecular flexibility index (Phi) is 1.04. The van der Waals surface area contributed by atoms with Crippen molar-refractivity contribution in [1.82, 2.24) is 4.57 Å². The molecule has 0 aromatic carbocycles. The molecule has 0 amide bonds. The average Bonchev–Trinajstić information content (AvgIpc) is 2.69. The highest BCUT2D eigenvalue weighted by Crippen LogP contribution is 2.71. The van der Waals surface area contributed by atoms with Gasteiger partial charge in [0.2, 0.25) is 0 Å². The fraction of sp³-hybridized carbons (Fsp3) is 0.667. The van der Waals surface area contributed by atoms with Crippen molar-refractivity contribution in [3.05, 3.63) is 24.5 Å². The lowest BCUT2D eigenvalue weighted by atomic mass is 10.0. The fourth-order valence-corrected chi connectivity index (χ4v) is 4.22. The Morgan fingerprint density at radius 1 is 0.923 bits per heavy atom. The molecule has 13 heavy (non-hydrogen) atoms. The van der Waals surface area contributed by atoms with E-state index in [1.165, 1.54) is 12.8 Å². The minimum atomic E-state index is 0.904. The van der Waals surface area contributed by atoms with Gasteiger partial charge in [0.05, 0.1) is 0 Å². The molecule has 1 aromatic heterocycles. The van der Waals surface area contributed by atoms with Gasteiger partial charge in [0.25, 0.3) is 0 Å². The lowest BCUT2D eigenvalue weighted by molar-refractivity contribution is 0.455. The van der Waals surface area contributed by atoms with Crippen LogP contribution in [0.4, 0.5) is 0 Å². The van der Waals surface area contributed by atoms with Crippen molar-refractivity contribution >= 4 is 0 Å². The third-order valence-electron chi connectivity index (χ3n) is 4.67. The molecule has 0 radical (unpaired) electrons. The van der Waals surface area contributed by atoms with Gasteiger partial charge in [0.15, 0.2) is 0 Å². The van der Waals surface area contributed by atoms with E-state index in [0.29, 0.717) is 0 Å². The zero-order valence-corrected chi connectivity index (χ0v) is 7.76. The van der Waals surface area contributed by atoms with Gasteiger partial charge >= 0.3 is 0 Å². The Bertz CT molecular complexity index is 311. The van der Waals surface area contributed by atoms with E-state index >= 15 is 0 Å². The van der Waals surface area contributed by atoms with Crippen LogP contribution in [0, 0.1) is 23.7 Å². The summed E-state index contributed by atoms with van der Waals surface area (Å²) in [6.45, 7) is 0. The van der Waals surface area contributed by atoms with Crippen LogP contribution < -0.4 is 0 Å². The standard InChI is InChI=1S/C12H15N/c1-2-6-13(5-1)12-10-8-3-4-9(7-8)11(10)12/h1-2,5-6,8-12H,3-4,7H2. The molecule has 0 saturated heterocycles. The first-order chi connectivity index (χ1) is 6.45. The Morgan fingerprint density at radius 3 is 2.15 bits per heavy atom. The molecule has 3 aliphatic carbocycles. The van der Waals surface area contributed by atoms with Crippen molar-refractivity contribution in [1.29, 1.82) is 0 Å². The average molecular weight is 173 g/mol. The summed E-state index contributed by atoms with van der Waals surface area (Å²) in [5, 5.41) is 0. The van der Waals surface area contributed by atoms with Gasteiger partial charge in [-0.1, -0.05) is 0 Å². The van der Waals surface area contributed by atoms with Crippen LogP contribution in [0.3, 0.4) is 0 Å². The molecule has 1 nitrogen and oxygen atoms in total. The van der Waals surface area contributed by atoms with Crippen LogP contribution in [-0.4, -0.2) is 4.57 Å². The maximum absolute atomic E-state index is 2.46. The monoisotopic (exact) mass is 173 g/mol. The summed E-state index contributed by atoms with van der Waals surface area (Å²) in [4.78, 5) is 0. The molecule has 1 aromatic rings. The van der Waals surface area contributed by atoms with Crippen molar-refractivity contribution in [2.24, 2.45) is 23.7 Å². The predicted molar refractivity (Wildman–Crippen MR) is 51.3 cm³/mol. The second kappa shape index (κ2) is 2.02. The molecule has 1 heteroatoms. The summed E-state index contributed by atoms with van der Waals surface area (Å²) < 4.78 is 2.46. The Hall–Kier alpha value is -0.720. The van der Waals surface area contributed by atoms with Crippen molar-refractivity contribution in [3.63, 3.8) is 0 Å². The van der Waals surface area contributed by atoms with Crippen LogP contribution >= 0.6 is 0 Å². The highest BCUT2D eigenvalue weighted by atomic mass is 15.1. The summed E-state index contributed by atoms with van der Waals surface area (Å²) >= 11 is 0. The van der Waals surface area contributed by atoms with Crippen molar-refractivity contribution in [3.8, 4) is 0 Å². The van der Waals surface area contributed by atoms with Gasteiger partial charge in [-0.05, 0) is 55.1 Å². The van der Waals surface area contributed by atoms with Gasteiger partial charge < -0.3 is 4.57 Å². The number of aromatic nitrogens is 1. The fourth-order valence-electron chi connectivity index (χ4n) is 4.22. The maximum atomic E-state index is 2.46. The van der Waals surface area contributed by atoms with Crippen LogP contribution in [0.5, 0.6) is 0 Å². The normalized spacial score (nSPS) is 50.9. The number of fused-ring (bicyclic) bond motifs is 5. The number of rotatable bonds is 1. The van der Waals surface area contributed by atoms with Gasteiger partial charge in [0, 0.05) is 18.4 Å². The van der Waals surface area contributed by atoms with Crippen LogP contribution in [-0.2, 0) is 0 Å². The zero-order valence-electron chi connectivity index (χ0n) is 7.76. The first kappa shape index (κ1) is 6.69. The molecule has 3 fully saturated rings. The molecule has 4 atom stereocenters. The topological polar surface area (TPSA) is 4.93 Å². The molecule has 4 rings (SSSR count). The largest absolute Gasteiger partial charge is 0.351 e. The van der Waals surface area contributed by atoms with E-state index in [1.54, 1.807) is 6.42 Å². The summed E-state index contributed by atoms with van der Waals surface area (Å²) in [5.41, 5.74) is 0. The Labute approximate surface area is 78.8 Å². The molecular formula is C12H15N. The first-order valence-corrected chi connectivity index (χ1v) is 5.57. The quantitative estimate of drug-likeness (QED) is 0.615. The van der Waals surface area contributed by atoms with Gasteiger partial charge in [-0.3, -0.25) is 0 Å². The number of hydrogen-bond donors (Lipinski definition) is 0. The smallest absolute Gasteiger partial charge is 0.0399 e. The van der Waals surface area contributed by atoms with E-state index in [2.05, 4.69) is 29.1 Å². The van der Waals surface area contributed by atoms with Crippen molar-refractivity contribution in [2.75, 3.05) is 0 Å². The summed E-state index contributed by atoms with van der Waals surface area (Å²) in [5.74, 6) is 4.35. The molecular weight excluding hydrogens is 158 g/mol. The first-order valence-electron chi connectivity index (χ1n) is 5.57. The number of nitrogens with zero attached hydrogens (tertiary/aromatic N) is 1. The molecule has 2 bridgehead atoms. The van der Waals surface area contributed by atoms with Gasteiger partial charge in [-0.2, -0.15) is 0 Å². The summed E-state index contributed by atoms with van der Waals surface area (Å²) in [6, 6.07) is 5.23. The van der Waals surface area contributed by atoms with Gasteiger partial charge in [0.1, 0.15) is 0 Å². The van der Waals surface area contributed by atoms with E-state index in [4.69, 9.17) is 0 Å². The molecule has 1 heterocycles. The maximum Gasteiger partial charge on any atom is 0.0399 e. The molecule has 4 unspecified atom stereocenters. The van der Waals surface area contributed by atoms with Gasteiger partial charge in [-0.15, -0.1) is 0 Å². The lowest BCUT2D eigenvalue weighted by Crippen LogP contribution is -2.02. The second-order valence-electron chi connectivity index (χ2n) is 5.11. The molecule has 3 aliphatic rings. The second-order valence-corrected chi connectivity index (χ2v) is 5.11. The number of hydrogen-bond acceptors (Lipinski definition) is 0. The highest BCUT2D eigenvalue weighted by molar-refractivity contribution is 5.17. The van der Waals surface area contributed by atoms with E-state index in [1.807, 2.05) is 0 Å². The highest BCUT2D eigenvalue weighted by Gasteiger charge is 2.65. The van der Waals surface area contributed by atoms with E-state index in [9.17, 15) is 0 Å². The SMILES string of the molecule is c1ccn(C2C3C4CCC(C4)C32)c1. The molecule has 0 N–H and O–H groups in total. The van der Waals surface area contributed by atoms with Crippen LogP contribution in [0.25, 0.3) is 0 Å². The lowest BCUT2D eigenvalue weighted by Gasteiger charge is -2.09. The third-order valence-corrected chi connectivity index (χ3v) is 4.67. The van der Waals surface area contributed by atoms with Crippen LogP contribution in [0.1, 0.15) is 25.3 Å². The minimum absolute atomic E-state index is 0.904. The van der Waals surface area contributed by atoms with Gasteiger partial charge in [-0.25, -0.2) is 0 Å².